The number of ether oxygens (including phenoxy) is 5. The van der Waals surface area contributed by atoms with Gasteiger partial charge in [0.2, 0.25) is 6.29 Å². The second-order valence-electron chi connectivity index (χ2n) is 8.64. The minimum atomic E-state index is -0.648. The van der Waals surface area contributed by atoms with Gasteiger partial charge in [-0.1, -0.05) is 60.7 Å². The molecule has 1 unspecified atom stereocenters. The molecule has 1 atom stereocenters. The summed E-state index contributed by atoms with van der Waals surface area (Å²) in [6.45, 7) is 5.92. The molecule has 2 aromatic carbocycles. The van der Waals surface area contributed by atoms with Gasteiger partial charge in [0.05, 0.1) is 56.4 Å². The Bertz CT molecular complexity index is 962. The topological polar surface area (TPSA) is 95.1 Å². The molecule has 0 amide bonds. The molecule has 0 bridgehead atoms. The van der Waals surface area contributed by atoms with Crippen molar-refractivity contribution in [2.75, 3.05) is 46.2 Å². The van der Waals surface area contributed by atoms with Gasteiger partial charge in [-0.25, -0.2) is 4.98 Å². The van der Waals surface area contributed by atoms with Crippen molar-refractivity contribution in [2.45, 2.75) is 26.4 Å². The number of H-pyrrole nitrogens is 1. The number of nitrogens with zero attached hydrogens (tertiary/aromatic N) is 1. The predicted molar refractivity (Wildman–Crippen MR) is 131 cm³/mol. The van der Waals surface area contributed by atoms with Crippen molar-refractivity contribution in [3.05, 3.63) is 66.5 Å². The van der Waals surface area contributed by atoms with E-state index in [0.717, 1.165) is 22.5 Å². The number of imidazole rings is 1. The molecular formula is C27H34N2O6. The third-order valence-corrected chi connectivity index (χ3v) is 5.81. The highest BCUT2D eigenvalue weighted by Gasteiger charge is 2.40. The summed E-state index contributed by atoms with van der Waals surface area (Å²) < 4.78 is 29.4. The van der Waals surface area contributed by atoms with E-state index in [1.165, 1.54) is 0 Å². The molecule has 1 saturated heterocycles. The first-order valence-electron chi connectivity index (χ1n) is 12.0. The summed E-state index contributed by atoms with van der Waals surface area (Å²) in [4.78, 5) is 8.32. The minimum Gasteiger partial charge on any atom is -0.394 e. The number of aromatic nitrogens is 2. The molecule has 8 nitrogen and oxygen atoms in total. The van der Waals surface area contributed by atoms with Gasteiger partial charge in [0.15, 0.2) is 12.1 Å². The van der Waals surface area contributed by atoms with Crippen LogP contribution in [0.25, 0.3) is 22.5 Å². The van der Waals surface area contributed by atoms with Crippen LogP contribution in [0.1, 0.15) is 26.0 Å². The third kappa shape index (κ3) is 6.55. The molecule has 4 rings (SSSR count). The van der Waals surface area contributed by atoms with Gasteiger partial charge in [0, 0.05) is 17.7 Å². The minimum absolute atomic E-state index is 0.0481. The predicted octanol–water partition coefficient (Wildman–Crippen LogP) is 4.18. The van der Waals surface area contributed by atoms with E-state index < -0.39 is 11.7 Å². The van der Waals surface area contributed by atoms with Crippen LogP contribution in [0.15, 0.2) is 60.7 Å². The van der Waals surface area contributed by atoms with Crippen molar-refractivity contribution in [1.82, 2.24) is 9.97 Å². The first kappa shape index (κ1) is 25.5. The number of aliphatic hydroxyl groups excluding tert-OH is 1. The van der Waals surface area contributed by atoms with Gasteiger partial charge in [-0.05, 0) is 13.8 Å². The van der Waals surface area contributed by atoms with E-state index in [2.05, 4.69) is 4.98 Å². The largest absolute Gasteiger partial charge is 0.394 e. The lowest BCUT2D eigenvalue weighted by atomic mass is 9.91. The molecule has 0 radical (unpaired) electrons. The maximum Gasteiger partial charge on any atom is 0.217 e. The van der Waals surface area contributed by atoms with Gasteiger partial charge in [-0.3, -0.25) is 0 Å². The number of benzene rings is 2. The molecule has 0 aliphatic carbocycles. The summed E-state index contributed by atoms with van der Waals surface area (Å²) in [6.07, 6.45) is -0.996. The lowest BCUT2D eigenvalue weighted by molar-refractivity contribution is -0.267. The van der Waals surface area contributed by atoms with Crippen LogP contribution < -0.4 is 0 Å². The Morgan fingerprint density at radius 1 is 1.00 bits per heavy atom. The van der Waals surface area contributed by atoms with Crippen molar-refractivity contribution in [3.8, 4) is 22.5 Å². The van der Waals surface area contributed by atoms with Crippen LogP contribution in [0.5, 0.6) is 0 Å². The highest BCUT2D eigenvalue weighted by molar-refractivity contribution is 5.78. The zero-order valence-electron chi connectivity index (χ0n) is 20.3. The van der Waals surface area contributed by atoms with E-state index >= 15 is 0 Å². The molecule has 1 fully saturated rings. The highest BCUT2D eigenvalue weighted by Crippen LogP contribution is 2.36. The number of rotatable bonds is 12. The molecule has 35 heavy (non-hydrogen) atoms. The third-order valence-electron chi connectivity index (χ3n) is 5.81. The average Bonchev–Trinajstić information content (AvgIpc) is 3.35. The fourth-order valence-corrected chi connectivity index (χ4v) is 4.01. The summed E-state index contributed by atoms with van der Waals surface area (Å²) in [5.41, 5.74) is 3.28. The zero-order chi connectivity index (χ0) is 24.5. The number of aliphatic hydroxyl groups is 1. The molecule has 2 heterocycles. The van der Waals surface area contributed by atoms with Crippen LogP contribution in [0.2, 0.25) is 0 Å². The smallest absolute Gasteiger partial charge is 0.217 e. The van der Waals surface area contributed by atoms with E-state index in [1.54, 1.807) is 0 Å². The molecule has 1 aliphatic heterocycles. The normalized spacial score (nSPS) is 21.2. The fraction of sp³-hybridized carbons (Fsp3) is 0.444. The fourth-order valence-electron chi connectivity index (χ4n) is 4.01. The van der Waals surface area contributed by atoms with Crippen LogP contribution in [-0.4, -0.2) is 67.6 Å². The van der Waals surface area contributed by atoms with Crippen LogP contribution in [0, 0.1) is 5.41 Å². The molecule has 3 aromatic rings. The van der Waals surface area contributed by atoms with Gasteiger partial charge in [0.25, 0.3) is 0 Å². The van der Waals surface area contributed by atoms with Crippen molar-refractivity contribution in [2.24, 2.45) is 5.41 Å². The van der Waals surface area contributed by atoms with Gasteiger partial charge >= 0.3 is 0 Å². The summed E-state index contributed by atoms with van der Waals surface area (Å²) >= 11 is 0. The Balaban J connectivity index is 1.52. The second kappa shape index (κ2) is 12.4. The lowest BCUT2D eigenvalue weighted by Crippen LogP contribution is -2.47. The molecular weight excluding hydrogens is 448 g/mol. The van der Waals surface area contributed by atoms with Crippen LogP contribution in [0.3, 0.4) is 0 Å². The summed E-state index contributed by atoms with van der Waals surface area (Å²) in [6, 6.07) is 20.1. The lowest BCUT2D eigenvalue weighted by Gasteiger charge is -2.39. The van der Waals surface area contributed by atoms with Gasteiger partial charge < -0.3 is 33.8 Å². The SMILES string of the molecule is CCOC(C)OCC1(COCCO)COC(c2nc(-c3ccccc3)c(-c3ccccc3)[nH]2)OC1. The zero-order valence-corrected chi connectivity index (χ0v) is 20.3. The quantitative estimate of drug-likeness (QED) is 0.295. The molecule has 1 aromatic heterocycles. The Labute approximate surface area is 206 Å². The Morgan fingerprint density at radius 3 is 2.29 bits per heavy atom. The number of nitrogens with one attached hydrogen (secondary N) is 1. The standard InChI is InChI=1S/C27H34N2O6/c1-3-32-20(2)33-17-27(16-31-15-14-30)18-34-26(35-19-27)25-28-23(21-10-6-4-7-11-21)24(29-25)22-12-8-5-9-13-22/h4-13,20,26,30H,3,14-19H2,1-2H3,(H,28,29). The first-order valence-corrected chi connectivity index (χ1v) is 12.0. The van der Waals surface area contributed by atoms with Crippen molar-refractivity contribution in [1.29, 1.82) is 0 Å². The molecule has 8 heteroatoms. The average molecular weight is 483 g/mol. The monoisotopic (exact) mass is 482 g/mol. The molecule has 0 spiro atoms. The molecule has 2 N–H and O–H groups in total. The maximum absolute atomic E-state index is 9.12. The molecule has 0 saturated carbocycles. The number of aromatic amines is 1. The number of hydrogen-bond donors (Lipinski definition) is 2. The van der Waals surface area contributed by atoms with Gasteiger partial charge in [-0.15, -0.1) is 0 Å². The second-order valence-corrected chi connectivity index (χ2v) is 8.64. The number of hydrogen-bond acceptors (Lipinski definition) is 7. The van der Waals surface area contributed by atoms with Crippen LogP contribution in [0.4, 0.5) is 0 Å². The first-order chi connectivity index (χ1) is 17.1. The van der Waals surface area contributed by atoms with Crippen molar-refractivity contribution in [3.63, 3.8) is 0 Å². The van der Waals surface area contributed by atoms with E-state index in [-0.39, 0.29) is 19.5 Å². The summed E-state index contributed by atoms with van der Waals surface area (Å²) in [7, 11) is 0. The highest BCUT2D eigenvalue weighted by atomic mass is 16.7. The van der Waals surface area contributed by atoms with Crippen LogP contribution in [-0.2, 0) is 23.7 Å². The van der Waals surface area contributed by atoms with Crippen molar-refractivity contribution < 1.29 is 28.8 Å². The molecule has 188 valence electrons. The van der Waals surface area contributed by atoms with Crippen molar-refractivity contribution >= 4 is 0 Å². The van der Waals surface area contributed by atoms with E-state index in [4.69, 9.17) is 33.8 Å². The van der Waals surface area contributed by atoms with E-state index in [1.807, 2.05) is 74.5 Å². The Kier molecular flexibility index (Phi) is 9.03. The Morgan fingerprint density at radius 2 is 1.66 bits per heavy atom. The van der Waals surface area contributed by atoms with E-state index in [9.17, 15) is 0 Å². The molecule has 1 aliphatic rings. The maximum atomic E-state index is 9.12. The summed E-state index contributed by atoms with van der Waals surface area (Å²) in [5, 5.41) is 9.12. The summed E-state index contributed by atoms with van der Waals surface area (Å²) in [5.74, 6) is 0.608. The van der Waals surface area contributed by atoms with Gasteiger partial charge in [0.1, 0.15) is 0 Å². The van der Waals surface area contributed by atoms with Gasteiger partial charge in [-0.2, -0.15) is 0 Å². The Hall–Kier alpha value is -2.59. The van der Waals surface area contributed by atoms with Crippen LogP contribution >= 0.6 is 0 Å². The van der Waals surface area contributed by atoms with E-state index in [0.29, 0.717) is 38.9 Å².